The topological polar surface area (TPSA) is 50.4 Å². The van der Waals surface area contributed by atoms with Gasteiger partial charge in [0, 0.05) is 24.6 Å². The molecule has 0 aliphatic carbocycles. The molecule has 1 amide bonds. The van der Waals surface area contributed by atoms with Gasteiger partial charge in [-0.05, 0) is 31.9 Å². The molecule has 1 atom stereocenters. The Morgan fingerprint density at radius 2 is 2.25 bits per heavy atom. The van der Waals surface area contributed by atoms with Crippen molar-refractivity contribution in [1.82, 2.24) is 10.6 Å². The summed E-state index contributed by atoms with van der Waals surface area (Å²) in [6.45, 7) is 1.62. The third kappa shape index (κ3) is 4.53. The van der Waals surface area contributed by atoms with E-state index < -0.39 is 0 Å². The molecule has 4 nitrogen and oxygen atoms in total. The van der Waals surface area contributed by atoms with E-state index >= 15 is 0 Å². The first kappa shape index (κ1) is 14.9. The van der Waals surface area contributed by atoms with Gasteiger partial charge in [-0.3, -0.25) is 4.79 Å². The lowest BCUT2D eigenvalue weighted by molar-refractivity contribution is -0.121. The van der Waals surface area contributed by atoms with E-state index in [1.165, 1.54) is 19.3 Å². The standard InChI is InChI=1S/C16H24N2O2/c1-20-15-8-3-2-6-13(15)12-18-16(19)10-9-14-7-4-5-11-17-14/h2-3,6,8,14,17H,4-5,7,9-12H2,1H3,(H,18,19). The lowest BCUT2D eigenvalue weighted by Crippen LogP contribution is -2.35. The number of hydrogen-bond donors (Lipinski definition) is 2. The molecule has 0 bridgehead atoms. The number of carbonyl (C=O) groups is 1. The summed E-state index contributed by atoms with van der Waals surface area (Å²) in [5.74, 6) is 0.935. The number of carbonyl (C=O) groups excluding carboxylic acids is 1. The van der Waals surface area contributed by atoms with Gasteiger partial charge in [-0.1, -0.05) is 24.6 Å². The van der Waals surface area contributed by atoms with E-state index in [0.29, 0.717) is 19.0 Å². The number of ether oxygens (including phenoxy) is 1. The number of para-hydroxylation sites is 1. The van der Waals surface area contributed by atoms with Crippen LogP contribution in [0, 0.1) is 0 Å². The summed E-state index contributed by atoms with van der Waals surface area (Å²) < 4.78 is 5.27. The van der Waals surface area contributed by atoms with Crippen LogP contribution in [0.5, 0.6) is 5.75 Å². The van der Waals surface area contributed by atoms with Gasteiger partial charge in [-0.2, -0.15) is 0 Å². The zero-order valence-electron chi connectivity index (χ0n) is 12.2. The Morgan fingerprint density at radius 1 is 1.40 bits per heavy atom. The van der Waals surface area contributed by atoms with E-state index in [2.05, 4.69) is 10.6 Å². The lowest BCUT2D eigenvalue weighted by atomic mass is 10.0. The van der Waals surface area contributed by atoms with Gasteiger partial charge in [0.05, 0.1) is 7.11 Å². The second-order valence-electron chi connectivity index (χ2n) is 5.27. The van der Waals surface area contributed by atoms with Gasteiger partial charge in [0.1, 0.15) is 5.75 Å². The molecule has 1 aromatic carbocycles. The van der Waals surface area contributed by atoms with Gasteiger partial charge >= 0.3 is 0 Å². The molecule has 1 aliphatic heterocycles. The zero-order valence-corrected chi connectivity index (χ0v) is 12.2. The van der Waals surface area contributed by atoms with Crippen LogP contribution in [0.3, 0.4) is 0 Å². The summed E-state index contributed by atoms with van der Waals surface area (Å²) in [6.07, 6.45) is 5.25. The highest BCUT2D eigenvalue weighted by Gasteiger charge is 2.14. The first-order chi connectivity index (χ1) is 9.79. The molecule has 2 N–H and O–H groups in total. The Morgan fingerprint density at radius 3 is 3.00 bits per heavy atom. The lowest BCUT2D eigenvalue weighted by Gasteiger charge is -2.23. The fourth-order valence-electron chi connectivity index (χ4n) is 2.61. The van der Waals surface area contributed by atoms with Crippen molar-refractivity contribution in [2.24, 2.45) is 0 Å². The Labute approximate surface area is 120 Å². The molecule has 1 aliphatic rings. The predicted molar refractivity (Wildman–Crippen MR) is 79.7 cm³/mol. The van der Waals surface area contributed by atoms with Gasteiger partial charge < -0.3 is 15.4 Å². The van der Waals surface area contributed by atoms with Crippen molar-refractivity contribution in [3.05, 3.63) is 29.8 Å². The van der Waals surface area contributed by atoms with E-state index in [1.807, 2.05) is 24.3 Å². The summed E-state index contributed by atoms with van der Waals surface area (Å²) in [5.41, 5.74) is 1.01. The Balaban J connectivity index is 1.71. The van der Waals surface area contributed by atoms with Crippen LogP contribution >= 0.6 is 0 Å². The van der Waals surface area contributed by atoms with Gasteiger partial charge in [0.25, 0.3) is 0 Å². The van der Waals surface area contributed by atoms with Crippen molar-refractivity contribution in [2.75, 3.05) is 13.7 Å². The normalized spacial score (nSPS) is 18.6. The maximum Gasteiger partial charge on any atom is 0.220 e. The van der Waals surface area contributed by atoms with E-state index in [4.69, 9.17) is 4.74 Å². The first-order valence-corrected chi connectivity index (χ1v) is 7.41. The smallest absolute Gasteiger partial charge is 0.220 e. The second kappa shape index (κ2) is 7.90. The molecule has 1 fully saturated rings. The van der Waals surface area contributed by atoms with Crippen molar-refractivity contribution in [3.8, 4) is 5.75 Å². The van der Waals surface area contributed by atoms with Crippen LogP contribution < -0.4 is 15.4 Å². The molecule has 4 heteroatoms. The Hall–Kier alpha value is -1.55. The summed E-state index contributed by atoms with van der Waals surface area (Å²) in [6, 6.07) is 8.28. The molecule has 0 aromatic heterocycles. The Bertz CT molecular complexity index is 428. The molecule has 20 heavy (non-hydrogen) atoms. The fourth-order valence-corrected chi connectivity index (χ4v) is 2.61. The molecular weight excluding hydrogens is 252 g/mol. The van der Waals surface area contributed by atoms with Crippen LogP contribution in [-0.2, 0) is 11.3 Å². The number of nitrogens with one attached hydrogen (secondary N) is 2. The summed E-state index contributed by atoms with van der Waals surface area (Å²) >= 11 is 0. The largest absolute Gasteiger partial charge is 0.496 e. The van der Waals surface area contributed by atoms with Gasteiger partial charge in [0.2, 0.25) is 5.91 Å². The SMILES string of the molecule is COc1ccccc1CNC(=O)CCC1CCCCN1. The molecule has 110 valence electrons. The number of rotatable bonds is 6. The van der Waals surface area contributed by atoms with Crippen LogP contribution in [0.25, 0.3) is 0 Å². The van der Waals surface area contributed by atoms with Gasteiger partial charge in [-0.15, -0.1) is 0 Å². The minimum Gasteiger partial charge on any atom is -0.496 e. The van der Waals surface area contributed by atoms with Crippen LogP contribution in [0.1, 0.15) is 37.7 Å². The summed E-state index contributed by atoms with van der Waals surface area (Å²) in [7, 11) is 1.65. The molecular formula is C16H24N2O2. The fraction of sp³-hybridized carbons (Fsp3) is 0.562. The first-order valence-electron chi connectivity index (χ1n) is 7.41. The van der Waals surface area contributed by atoms with Gasteiger partial charge in [0.15, 0.2) is 0 Å². The minimum absolute atomic E-state index is 0.114. The molecule has 1 aromatic rings. The zero-order chi connectivity index (χ0) is 14.2. The number of methoxy groups -OCH3 is 1. The third-order valence-electron chi connectivity index (χ3n) is 3.80. The van der Waals surface area contributed by atoms with E-state index in [9.17, 15) is 4.79 Å². The predicted octanol–water partition coefficient (Wildman–Crippen LogP) is 2.23. The average Bonchev–Trinajstić information content (AvgIpc) is 2.52. The summed E-state index contributed by atoms with van der Waals surface area (Å²) in [5, 5.41) is 6.43. The van der Waals surface area contributed by atoms with Gasteiger partial charge in [-0.25, -0.2) is 0 Å². The summed E-state index contributed by atoms with van der Waals surface area (Å²) in [4.78, 5) is 11.9. The van der Waals surface area contributed by atoms with Crippen LogP contribution in [0.4, 0.5) is 0 Å². The number of hydrogen-bond acceptors (Lipinski definition) is 3. The number of piperidine rings is 1. The molecule has 1 saturated heterocycles. The van der Waals surface area contributed by atoms with E-state index in [0.717, 1.165) is 24.3 Å². The quantitative estimate of drug-likeness (QED) is 0.837. The minimum atomic E-state index is 0.114. The van der Waals surface area contributed by atoms with E-state index in [-0.39, 0.29) is 5.91 Å². The van der Waals surface area contributed by atoms with Crippen molar-refractivity contribution in [3.63, 3.8) is 0 Å². The highest BCUT2D eigenvalue weighted by atomic mass is 16.5. The molecule has 0 spiro atoms. The monoisotopic (exact) mass is 276 g/mol. The van der Waals surface area contributed by atoms with Crippen molar-refractivity contribution < 1.29 is 9.53 Å². The van der Waals surface area contributed by atoms with Crippen molar-refractivity contribution >= 4 is 5.91 Å². The average molecular weight is 276 g/mol. The molecule has 0 saturated carbocycles. The number of benzene rings is 1. The van der Waals surface area contributed by atoms with E-state index in [1.54, 1.807) is 7.11 Å². The van der Waals surface area contributed by atoms with Crippen LogP contribution in [-0.4, -0.2) is 25.6 Å². The molecule has 0 radical (unpaired) electrons. The maximum atomic E-state index is 11.9. The second-order valence-corrected chi connectivity index (χ2v) is 5.27. The van der Waals surface area contributed by atoms with Crippen LogP contribution in [0.15, 0.2) is 24.3 Å². The Kier molecular flexibility index (Phi) is 5.87. The molecule has 1 heterocycles. The maximum absolute atomic E-state index is 11.9. The van der Waals surface area contributed by atoms with Crippen LogP contribution in [0.2, 0.25) is 0 Å². The number of amides is 1. The van der Waals surface area contributed by atoms with Crippen molar-refractivity contribution in [2.45, 2.75) is 44.7 Å². The van der Waals surface area contributed by atoms with Crippen molar-refractivity contribution in [1.29, 1.82) is 0 Å². The third-order valence-corrected chi connectivity index (χ3v) is 3.80. The molecule has 2 rings (SSSR count). The highest BCUT2D eigenvalue weighted by molar-refractivity contribution is 5.75. The molecule has 1 unspecified atom stereocenters. The highest BCUT2D eigenvalue weighted by Crippen LogP contribution is 2.17.